The van der Waals surface area contributed by atoms with Gasteiger partial charge in [-0.25, -0.2) is 0 Å². The Morgan fingerprint density at radius 1 is 1.07 bits per heavy atom. The average molecular weight is 387 g/mol. The van der Waals surface area contributed by atoms with E-state index in [9.17, 15) is 9.59 Å². The molecule has 7 heteroatoms. The highest BCUT2D eigenvalue weighted by atomic mass is 35.5. The molecule has 1 aliphatic heterocycles. The highest BCUT2D eigenvalue weighted by Gasteiger charge is 2.48. The Hall–Kier alpha value is -2.73. The number of hydrogen-bond acceptors (Lipinski definition) is 4. The Kier molecular flexibility index (Phi) is 4.66. The summed E-state index contributed by atoms with van der Waals surface area (Å²) in [7, 11) is 0. The number of benzene rings is 2. The van der Waals surface area contributed by atoms with Gasteiger partial charge in [-0.3, -0.25) is 9.59 Å². The highest BCUT2D eigenvalue weighted by Crippen LogP contribution is 2.40. The molecular weight excluding hydrogens is 368 g/mol. The molecule has 140 valence electrons. The van der Waals surface area contributed by atoms with Crippen LogP contribution in [0.2, 0.25) is 5.02 Å². The molecule has 0 saturated heterocycles. The zero-order valence-corrected chi connectivity index (χ0v) is 15.5. The molecule has 0 aromatic heterocycles. The molecule has 0 bridgehead atoms. The third-order valence-corrected chi connectivity index (χ3v) is 5.05. The van der Waals surface area contributed by atoms with Crippen LogP contribution in [0.25, 0.3) is 0 Å². The molecule has 0 radical (unpaired) electrons. The predicted molar refractivity (Wildman–Crippen MR) is 101 cm³/mol. The first kappa shape index (κ1) is 17.7. The summed E-state index contributed by atoms with van der Waals surface area (Å²) >= 11 is 5.93. The van der Waals surface area contributed by atoms with Gasteiger partial charge in [0, 0.05) is 17.3 Å². The fraction of sp³-hybridized carbons (Fsp3) is 0.300. The largest absolute Gasteiger partial charge is 0.454 e. The number of anilines is 1. The second kappa shape index (κ2) is 7.12. The van der Waals surface area contributed by atoms with Crippen LogP contribution >= 0.6 is 11.6 Å². The van der Waals surface area contributed by atoms with E-state index in [1.165, 1.54) is 0 Å². The maximum atomic E-state index is 12.4. The van der Waals surface area contributed by atoms with Crippen LogP contribution < -0.4 is 20.1 Å². The molecule has 1 aliphatic carbocycles. The molecule has 1 saturated carbocycles. The summed E-state index contributed by atoms with van der Waals surface area (Å²) in [6.45, 7) is 2.48. The van der Waals surface area contributed by atoms with Gasteiger partial charge in [0.2, 0.25) is 18.6 Å². The SMILES string of the molecule is Cc1cc(Cl)ccc1NC(=O)C1CC1C(=O)NCc1ccc2c(c1)OCO2. The van der Waals surface area contributed by atoms with Crippen LogP contribution in [0.5, 0.6) is 11.5 Å². The minimum Gasteiger partial charge on any atom is -0.454 e. The Morgan fingerprint density at radius 2 is 1.85 bits per heavy atom. The van der Waals surface area contributed by atoms with Crippen molar-refractivity contribution in [1.82, 2.24) is 5.32 Å². The second-order valence-corrected chi connectivity index (χ2v) is 7.24. The predicted octanol–water partition coefficient (Wildman–Crippen LogP) is 3.27. The Bertz CT molecular complexity index is 915. The molecule has 0 spiro atoms. The topological polar surface area (TPSA) is 76.7 Å². The zero-order chi connectivity index (χ0) is 19.0. The van der Waals surface area contributed by atoms with Gasteiger partial charge >= 0.3 is 0 Å². The van der Waals surface area contributed by atoms with E-state index in [2.05, 4.69) is 10.6 Å². The van der Waals surface area contributed by atoms with E-state index in [4.69, 9.17) is 21.1 Å². The van der Waals surface area contributed by atoms with Crippen molar-refractivity contribution in [2.75, 3.05) is 12.1 Å². The number of fused-ring (bicyclic) bond motifs is 1. The molecule has 2 N–H and O–H groups in total. The van der Waals surface area contributed by atoms with Gasteiger partial charge in [0.1, 0.15) is 0 Å². The van der Waals surface area contributed by atoms with Gasteiger partial charge in [-0.1, -0.05) is 17.7 Å². The minimum absolute atomic E-state index is 0.111. The quantitative estimate of drug-likeness (QED) is 0.826. The molecule has 2 aromatic rings. The third-order valence-electron chi connectivity index (χ3n) is 4.81. The van der Waals surface area contributed by atoms with E-state index in [1.54, 1.807) is 18.2 Å². The van der Waals surface area contributed by atoms with Crippen molar-refractivity contribution in [3.63, 3.8) is 0 Å². The molecule has 27 heavy (non-hydrogen) atoms. The number of halogens is 1. The Morgan fingerprint density at radius 3 is 2.67 bits per heavy atom. The van der Waals surface area contributed by atoms with Gasteiger partial charge in [-0.15, -0.1) is 0 Å². The molecule has 1 fully saturated rings. The van der Waals surface area contributed by atoms with Gasteiger partial charge < -0.3 is 20.1 Å². The summed E-state index contributed by atoms with van der Waals surface area (Å²) in [5.41, 5.74) is 2.53. The van der Waals surface area contributed by atoms with Crippen molar-refractivity contribution >= 4 is 29.1 Å². The third kappa shape index (κ3) is 3.85. The molecule has 2 amide bonds. The van der Waals surface area contributed by atoms with Crippen LogP contribution in [0.1, 0.15) is 17.5 Å². The summed E-state index contributed by atoms with van der Waals surface area (Å²) in [6, 6.07) is 10.8. The summed E-state index contributed by atoms with van der Waals surface area (Å²) in [5.74, 6) is 0.568. The Balaban J connectivity index is 1.29. The lowest BCUT2D eigenvalue weighted by Crippen LogP contribution is -2.27. The Labute approximate surface area is 161 Å². The first-order chi connectivity index (χ1) is 13.0. The van der Waals surface area contributed by atoms with Crippen molar-refractivity contribution in [2.45, 2.75) is 19.9 Å². The first-order valence-electron chi connectivity index (χ1n) is 8.74. The number of aryl methyl sites for hydroxylation is 1. The number of amides is 2. The van der Waals surface area contributed by atoms with E-state index < -0.39 is 0 Å². The molecule has 1 heterocycles. The average Bonchev–Trinajstić information content (AvgIpc) is 3.32. The van der Waals surface area contributed by atoms with Crippen molar-refractivity contribution < 1.29 is 19.1 Å². The van der Waals surface area contributed by atoms with Crippen molar-refractivity contribution in [2.24, 2.45) is 11.8 Å². The molecule has 4 rings (SSSR count). The van der Waals surface area contributed by atoms with Crippen LogP contribution in [0.3, 0.4) is 0 Å². The molecule has 2 aliphatic rings. The zero-order valence-electron chi connectivity index (χ0n) is 14.8. The lowest BCUT2D eigenvalue weighted by molar-refractivity contribution is -0.125. The number of carbonyl (C=O) groups excluding carboxylic acids is 2. The number of rotatable bonds is 5. The number of ether oxygens (including phenoxy) is 2. The number of hydrogen-bond donors (Lipinski definition) is 2. The van der Waals surface area contributed by atoms with Gasteiger partial charge in [0.15, 0.2) is 11.5 Å². The van der Waals surface area contributed by atoms with Crippen LogP contribution in [0.4, 0.5) is 5.69 Å². The van der Waals surface area contributed by atoms with Crippen LogP contribution in [0.15, 0.2) is 36.4 Å². The van der Waals surface area contributed by atoms with Gasteiger partial charge in [0.25, 0.3) is 0 Å². The van der Waals surface area contributed by atoms with Gasteiger partial charge in [-0.2, -0.15) is 0 Å². The van der Waals surface area contributed by atoms with E-state index in [1.807, 2.05) is 25.1 Å². The van der Waals surface area contributed by atoms with E-state index >= 15 is 0 Å². The lowest BCUT2D eigenvalue weighted by Gasteiger charge is -2.09. The summed E-state index contributed by atoms with van der Waals surface area (Å²) in [6.07, 6.45) is 0.561. The van der Waals surface area contributed by atoms with Crippen LogP contribution in [-0.4, -0.2) is 18.6 Å². The van der Waals surface area contributed by atoms with Gasteiger partial charge in [-0.05, 0) is 54.8 Å². The summed E-state index contributed by atoms with van der Waals surface area (Å²) in [5, 5.41) is 6.39. The van der Waals surface area contributed by atoms with E-state index in [0.29, 0.717) is 29.5 Å². The smallest absolute Gasteiger partial charge is 0.231 e. The molecule has 2 atom stereocenters. The van der Waals surface area contributed by atoms with Crippen molar-refractivity contribution in [1.29, 1.82) is 0 Å². The summed E-state index contributed by atoms with van der Waals surface area (Å²) in [4.78, 5) is 24.7. The van der Waals surface area contributed by atoms with Gasteiger partial charge in [0.05, 0.1) is 11.8 Å². The lowest BCUT2D eigenvalue weighted by atomic mass is 10.2. The normalized spacial score (nSPS) is 19.5. The second-order valence-electron chi connectivity index (χ2n) is 6.80. The molecule has 6 nitrogen and oxygen atoms in total. The maximum Gasteiger partial charge on any atom is 0.231 e. The number of nitrogens with one attached hydrogen (secondary N) is 2. The molecule has 2 unspecified atom stereocenters. The first-order valence-corrected chi connectivity index (χ1v) is 9.12. The number of carbonyl (C=O) groups is 2. The van der Waals surface area contributed by atoms with Crippen molar-refractivity contribution in [3.05, 3.63) is 52.5 Å². The maximum absolute atomic E-state index is 12.4. The van der Waals surface area contributed by atoms with Crippen LogP contribution in [0, 0.1) is 18.8 Å². The molecule has 2 aromatic carbocycles. The van der Waals surface area contributed by atoms with Crippen LogP contribution in [-0.2, 0) is 16.1 Å². The molecular formula is C20H19ClN2O4. The van der Waals surface area contributed by atoms with E-state index in [-0.39, 0.29) is 30.4 Å². The summed E-state index contributed by atoms with van der Waals surface area (Å²) < 4.78 is 10.6. The fourth-order valence-corrected chi connectivity index (χ4v) is 3.37. The van der Waals surface area contributed by atoms with E-state index in [0.717, 1.165) is 16.8 Å². The monoisotopic (exact) mass is 386 g/mol. The fourth-order valence-electron chi connectivity index (χ4n) is 3.14. The van der Waals surface area contributed by atoms with Crippen molar-refractivity contribution in [3.8, 4) is 11.5 Å². The minimum atomic E-state index is -0.295. The standard InChI is InChI=1S/C20H19ClN2O4/c1-11-6-13(21)3-4-16(11)23-20(25)15-8-14(15)19(24)22-9-12-2-5-17-18(7-12)27-10-26-17/h2-7,14-15H,8-10H2,1H3,(H,22,24)(H,23,25). The highest BCUT2D eigenvalue weighted by molar-refractivity contribution is 6.30.